The van der Waals surface area contributed by atoms with Crippen LogP contribution < -0.4 is 4.90 Å². The molecule has 3 atom stereocenters. The summed E-state index contributed by atoms with van der Waals surface area (Å²) in [6.07, 6.45) is 4.36. The van der Waals surface area contributed by atoms with Crippen molar-refractivity contribution in [1.29, 1.82) is 0 Å². The smallest absolute Gasteiger partial charge is 0.255 e. The molecule has 2 aromatic heterocycles. The Labute approximate surface area is 210 Å². The molecular formula is C26H31ClN6O2. The minimum atomic E-state index is -0.450. The normalized spacial score (nSPS) is 22.7. The highest BCUT2D eigenvalue weighted by molar-refractivity contribution is 6.33. The maximum atomic E-state index is 13.5. The van der Waals surface area contributed by atoms with Gasteiger partial charge in [-0.3, -0.25) is 4.79 Å². The Balaban J connectivity index is 1.45. The number of halogens is 1. The van der Waals surface area contributed by atoms with Crippen LogP contribution in [0.15, 0.2) is 35.5 Å². The van der Waals surface area contributed by atoms with E-state index in [9.17, 15) is 9.90 Å². The van der Waals surface area contributed by atoms with Gasteiger partial charge in [0.1, 0.15) is 5.82 Å². The number of aromatic nitrogens is 3. The van der Waals surface area contributed by atoms with Gasteiger partial charge in [0.2, 0.25) is 0 Å². The summed E-state index contributed by atoms with van der Waals surface area (Å²) in [7, 11) is 0. The van der Waals surface area contributed by atoms with Crippen molar-refractivity contribution < 1.29 is 9.90 Å². The molecular weight excluding hydrogens is 464 g/mol. The van der Waals surface area contributed by atoms with E-state index in [2.05, 4.69) is 16.6 Å². The number of fused-ring (bicyclic) bond motifs is 1. The third-order valence-corrected chi connectivity index (χ3v) is 7.48. The number of aliphatic hydroxyl groups is 1. The molecule has 3 aromatic rings. The second-order valence-electron chi connectivity index (χ2n) is 9.75. The van der Waals surface area contributed by atoms with Crippen LogP contribution in [0.2, 0.25) is 5.02 Å². The molecule has 8 nitrogen and oxygen atoms in total. The molecule has 0 aliphatic carbocycles. The van der Waals surface area contributed by atoms with Crippen LogP contribution in [0.3, 0.4) is 0 Å². The number of aliphatic imine (C=N–C) groups is 1. The average Bonchev–Trinajstić information content (AvgIpc) is 3.42. The zero-order valence-corrected chi connectivity index (χ0v) is 20.9. The molecule has 9 heteroatoms. The first-order chi connectivity index (χ1) is 16.9. The van der Waals surface area contributed by atoms with Gasteiger partial charge in [0.25, 0.3) is 5.91 Å². The van der Waals surface area contributed by atoms with Gasteiger partial charge in [0.05, 0.1) is 28.4 Å². The van der Waals surface area contributed by atoms with E-state index in [1.807, 2.05) is 43.1 Å². The number of benzene rings is 1. The first kappa shape index (κ1) is 23.8. The fraction of sp³-hybridized carbons (Fsp3) is 0.462. The van der Waals surface area contributed by atoms with Crippen LogP contribution in [0, 0.1) is 19.8 Å². The van der Waals surface area contributed by atoms with Gasteiger partial charge in [-0.25, -0.2) is 9.50 Å². The van der Waals surface area contributed by atoms with E-state index < -0.39 is 6.10 Å². The lowest BCUT2D eigenvalue weighted by molar-refractivity contribution is 0.0606. The van der Waals surface area contributed by atoms with Crippen LogP contribution in [0.4, 0.5) is 5.82 Å². The zero-order valence-electron chi connectivity index (χ0n) is 20.2. The standard InChI is InChI=1S/C26H31ClN6O2/c1-16-7-8-20(27)19(10-16)26(35)32-9-5-4-6-22(32)21-11-24-29-25(17(2)13-33(24)30-21)31-14-18(12-28-3)23(34)15-31/h7-8,10-11,13,18,22-23,34H,3-6,9,12,14-15H2,1-2H3/t18-,22+,23+/m1/s1. The molecule has 1 N–H and O–H groups in total. The highest BCUT2D eigenvalue weighted by atomic mass is 35.5. The highest BCUT2D eigenvalue weighted by Crippen LogP contribution is 2.34. The Hall–Kier alpha value is -2.97. The molecule has 2 saturated heterocycles. The summed E-state index contributed by atoms with van der Waals surface area (Å²) in [6.45, 7) is 9.95. The molecule has 2 aliphatic rings. The Morgan fingerprint density at radius 1 is 1.26 bits per heavy atom. The summed E-state index contributed by atoms with van der Waals surface area (Å²) >= 11 is 6.40. The second kappa shape index (κ2) is 9.59. The van der Waals surface area contributed by atoms with E-state index in [4.69, 9.17) is 21.7 Å². The summed E-state index contributed by atoms with van der Waals surface area (Å²) in [6, 6.07) is 7.40. The number of hydrogen-bond acceptors (Lipinski definition) is 6. The predicted molar refractivity (Wildman–Crippen MR) is 138 cm³/mol. The number of likely N-dealkylation sites (tertiary alicyclic amines) is 1. The number of anilines is 1. The van der Waals surface area contributed by atoms with Crippen LogP contribution in [0.25, 0.3) is 5.65 Å². The Morgan fingerprint density at radius 2 is 2.09 bits per heavy atom. The number of β-amino-alcohol motifs (C(OH)–C–C–N with tert-alkyl or cyclic N) is 1. The van der Waals surface area contributed by atoms with Crippen LogP contribution >= 0.6 is 11.6 Å². The van der Waals surface area contributed by atoms with Gasteiger partial charge < -0.3 is 19.9 Å². The fourth-order valence-electron chi connectivity index (χ4n) is 5.31. The van der Waals surface area contributed by atoms with Gasteiger partial charge in [-0.05, 0) is 52.0 Å². The lowest BCUT2D eigenvalue weighted by atomic mass is 9.98. The number of carbonyl (C=O) groups excluding carboxylic acids is 1. The number of aryl methyl sites for hydroxylation is 2. The maximum Gasteiger partial charge on any atom is 0.255 e. The summed E-state index contributed by atoms with van der Waals surface area (Å²) in [5.41, 5.74) is 4.09. The SMILES string of the molecule is C=NC[C@@H]1CN(c2nc3cc([C@@H]4CCCCN4C(=O)c4cc(C)ccc4Cl)nn3cc2C)C[C@@H]1O. The second-order valence-corrected chi connectivity index (χ2v) is 10.2. The molecule has 0 radical (unpaired) electrons. The number of aliphatic hydroxyl groups excluding tert-OH is 1. The maximum absolute atomic E-state index is 13.5. The van der Waals surface area contributed by atoms with E-state index in [0.717, 1.165) is 47.5 Å². The summed E-state index contributed by atoms with van der Waals surface area (Å²) in [5, 5.41) is 15.7. The van der Waals surface area contributed by atoms with Crippen molar-refractivity contribution >= 4 is 35.7 Å². The van der Waals surface area contributed by atoms with Gasteiger partial charge in [-0.2, -0.15) is 5.10 Å². The Morgan fingerprint density at radius 3 is 2.89 bits per heavy atom. The average molecular weight is 495 g/mol. The molecule has 0 spiro atoms. The first-order valence-electron chi connectivity index (χ1n) is 12.1. The molecule has 2 fully saturated rings. The van der Waals surface area contributed by atoms with Crippen molar-refractivity contribution in [1.82, 2.24) is 19.5 Å². The van der Waals surface area contributed by atoms with Crippen LogP contribution in [0.1, 0.15) is 52.5 Å². The highest BCUT2D eigenvalue weighted by Gasteiger charge is 2.34. The number of carbonyl (C=O) groups is 1. The largest absolute Gasteiger partial charge is 0.391 e. The van der Waals surface area contributed by atoms with Crippen molar-refractivity contribution in [2.75, 3.05) is 31.1 Å². The monoisotopic (exact) mass is 494 g/mol. The minimum absolute atomic E-state index is 0.0562. The van der Waals surface area contributed by atoms with Gasteiger partial charge in [-0.15, -0.1) is 0 Å². The predicted octanol–water partition coefficient (Wildman–Crippen LogP) is 3.86. The topological polar surface area (TPSA) is 86.3 Å². The van der Waals surface area contributed by atoms with Gasteiger partial charge in [-0.1, -0.05) is 23.2 Å². The third-order valence-electron chi connectivity index (χ3n) is 7.15. The molecule has 2 aliphatic heterocycles. The molecule has 0 unspecified atom stereocenters. The number of rotatable bonds is 5. The van der Waals surface area contributed by atoms with E-state index in [0.29, 0.717) is 36.8 Å². The first-order valence-corrected chi connectivity index (χ1v) is 12.5. The number of amides is 1. The van der Waals surface area contributed by atoms with Crippen molar-refractivity contribution in [3.63, 3.8) is 0 Å². The molecule has 4 heterocycles. The molecule has 184 valence electrons. The van der Waals surface area contributed by atoms with Crippen molar-refractivity contribution in [2.24, 2.45) is 10.9 Å². The van der Waals surface area contributed by atoms with Gasteiger partial charge in [0.15, 0.2) is 5.65 Å². The van der Waals surface area contributed by atoms with Crippen LogP contribution in [0.5, 0.6) is 0 Å². The molecule has 35 heavy (non-hydrogen) atoms. The Kier molecular flexibility index (Phi) is 6.51. The molecule has 0 bridgehead atoms. The fourth-order valence-corrected chi connectivity index (χ4v) is 5.51. The molecule has 1 aromatic carbocycles. The van der Waals surface area contributed by atoms with E-state index in [-0.39, 0.29) is 17.9 Å². The Bertz CT molecular complexity index is 1270. The lowest BCUT2D eigenvalue weighted by Gasteiger charge is -2.35. The quantitative estimate of drug-likeness (QED) is 0.544. The number of nitrogens with zero attached hydrogens (tertiary/aromatic N) is 6. The molecule has 1 amide bonds. The van der Waals surface area contributed by atoms with Crippen LogP contribution in [-0.2, 0) is 0 Å². The number of hydrogen-bond donors (Lipinski definition) is 1. The van der Waals surface area contributed by atoms with Crippen LogP contribution in [-0.4, -0.2) is 69.5 Å². The molecule has 5 rings (SSSR count). The summed E-state index contributed by atoms with van der Waals surface area (Å²) in [5.74, 6) is 0.844. The molecule has 0 saturated carbocycles. The lowest BCUT2D eigenvalue weighted by Crippen LogP contribution is -2.38. The van der Waals surface area contributed by atoms with E-state index >= 15 is 0 Å². The summed E-state index contributed by atoms with van der Waals surface area (Å²) in [4.78, 5) is 26.4. The van der Waals surface area contributed by atoms with Crippen molar-refractivity contribution in [3.05, 3.63) is 57.9 Å². The van der Waals surface area contributed by atoms with Gasteiger partial charge in [0, 0.05) is 49.9 Å². The van der Waals surface area contributed by atoms with E-state index in [1.54, 1.807) is 10.6 Å². The number of piperidine rings is 1. The minimum Gasteiger partial charge on any atom is -0.391 e. The van der Waals surface area contributed by atoms with Crippen molar-refractivity contribution in [2.45, 2.75) is 45.3 Å². The van der Waals surface area contributed by atoms with Crippen molar-refractivity contribution in [3.8, 4) is 0 Å². The zero-order chi connectivity index (χ0) is 24.7. The van der Waals surface area contributed by atoms with E-state index in [1.165, 1.54) is 0 Å². The van der Waals surface area contributed by atoms with Gasteiger partial charge >= 0.3 is 0 Å². The summed E-state index contributed by atoms with van der Waals surface area (Å²) < 4.78 is 1.79. The third kappa shape index (κ3) is 4.52.